The van der Waals surface area contributed by atoms with Crippen molar-refractivity contribution in [2.24, 2.45) is 5.92 Å². The van der Waals surface area contributed by atoms with Crippen molar-refractivity contribution in [2.75, 3.05) is 11.9 Å². The van der Waals surface area contributed by atoms with Crippen LogP contribution in [0.25, 0.3) is 0 Å². The summed E-state index contributed by atoms with van der Waals surface area (Å²) in [6, 6.07) is 15.4. The van der Waals surface area contributed by atoms with E-state index in [0.29, 0.717) is 34.9 Å². The van der Waals surface area contributed by atoms with E-state index in [0.717, 1.165) is 5.56 Å². The number of halogens is 2. The third-order valence-corrected chi connectivity index (χ3v) is 9.06. The first-order valence-corrected chi connectivity index (χ1v) is 13.1. The summed E-state index contributed by atoms with van der Waals surface area (Å²) in [5, 5.41) is 26.3. The quantitative estimate of drug-likeness (QED) is 0.193. The van der Waals surface area contributed by atoms with Crippen molar-refractivity contribution in [1.29, 1.82) is 0 Å². The lowest BCUT2D eigenvalue weighted by Gasteiger charge is -2.38. The minimum absolute atomic E-state index is 0.00844. The van der Waals surface area contributed by atoms with Gasteiger partial charge in [0.2, 0.25) is 0 Å². The highest BCUT2D eigenvalue weighted by Gasteiger charge is 2.52. The fourth-order valence-electron chi connectivity index (χ4n) is 5.44. The molecule has 1 saturated carbocycles. The van der Waals surface area contributed by atoms with Gasteiger partial charge >= 0.3 is 0 Å². The zero-order chi connectivity index (χ0) is 26.3. The summed E-state index contributed by atoms with van der Waals surface area (Å²) in [6.45, 7) is 2.15. The van der Waals surface area contributed by atoms with Crippen molar-refractivity contribution in [1.82, 2.24) is 0 Å². The van der Waals surface area contributed by atoms with Crippen LogP contribution in [0.2, 0.25) is 0 Å². The number of nitro benzene ring substituents is 2. The summed E-state index contributed by atoms with van der Waals surface area (Å²) in [4.78, 5) is 23.3. The van der Waals surface area contributed by atoms with Crippen LogP contribution < -0.4 is 10.1 Å². The Morgan fingerprint density at radius 3 is 2.46 bits per heavy atom. The lowest BCUT2D eigenvalue weighted by Crippen LogP contribution is -2.31. The van der Waals surface area contributed by atoms with Crippen LogP contribution >= 0.6 is 23.4 Å². The lowest BCUT2D eigenvalue weighted by atomic mass is 9.77. The number of hydrogen-bond donors (Lipinski definition) is 1. The van der Waals surface area contributed by atoms with Crippen LogP contribution in [0.1, 0.15) is 36.4 Å². The normalized spacial score (nSPS) is 24.0. The maximum Gasteiger partial charge on any atom is 0.296 e. The number of benzene rings is 3. The zero-order valence-corrected chi connectivity index (χ0v) is 21.2. The van der Waals surface area contributed by atoms with Gasteiger partial charge in [0.05, 0.1) is 38.8 Å². The van der Waals surface area contributed by atoms with Gasteiger partial charge in [-0.1, -0.05) is 24.3 Å². The van der Waals surface area contributed by atoms with Crippen LogP contribution in [-0.4, -0.2) is 27.1 Å². The Hall–Kier alpha value is -3.37. The van der Waals surface area contributed by atoms with Gasteiger partial charge in [0.1, 0.15) is 17.3 Å². The number of para-hydroxylation sites is 1. The second-order valence-electron chi connectivity index (χ2n) is 9.02. The number of thioether (sulfide) groups is 1. The van der Waals surface area contributed by atoms with Gasteiger partial charge in [-0.2, -0.15) is 0 Å². The minimum Gasteiger partial charge on any atom is -0.494 e. The highest BCUT2D eigenvalue weighted by Crippen LogP contribution is 2.59. The number of ether oxygens (including phenoxy) is 1. The number of nitrogens with one attached hydrogen (secondary N) is 1. The molecular formula is C26H23ClFN3O5S. The Morgan fingerprint density at radius 2 is 1.78 bits per heavy atom. The molecule has 0 amide bonds. The summed E-state index contributed by atoms with van der Waals surface area (Å²) >= 11 is 8.46. The van der Waals surface area contributed by atoms with Gasteiger partial charge in [0.15, 0.2) is 0 Å². The fraction of sp³-hybridized carbons (Fsp3) is 0.308. The van der Waals surface area contributed by atoms with Gasteiger partial charge < -0.3 is 10.1 Å². The summed E-state index contributed by atoms with van der Waals surface area (Å²) in [7, 11) is 0. The maximum atomic E-state index is 13.7. The van der Waals surface area contributed by atoms with Gasteiger partial charge in [-0.3, -0.25) is 20.2 Å². The number of anilines is 1. The van der Waals surface area contributed by atoms with Crippen molar-refractivity contribution in [3.63, 3.8) is 0 Å². The molecule has 11 heteroatoms. The molecule has 1 aliphatic heterocycles. The summed E-state index contributed by atoms with van der Waals surface area (Å²) in [5.41, 5.74) is 1.72. The van der Waals surface area contributed by atoms with Crippen LogP contribution in [0, 0.1) is 32.0 Å². The second kappa shape index (κ2) is 10.2. The molecular weight excluding hydrogens is 521 g/mol. The number of fused-ring (bicyclic) bond motifs is 3. The number of hydrogen-bond acceptors (Lipinski definition) is 7. The van der Waals surface area contributed by atoms with E-state index in [4.69, 9.17) is 16.3 Å². The van der Waals surface area contributed by atoms with Crippen molar-refractivity contribution in [3.05, 3.63) is 97.8 Å². The monoisotopic (exact) mass is 543 g/mol. The van der Waals surface area contributed by atoms with Crippen LogP contribution in [0.4, 0.5) is 21.5 Å². The molecule has 192 valence electrons. The predicted molar refractivity (Wildman–Crippen MR) is 140 cm³/mol. The number of nitro groups is 2. The van der Waals surface area contributed by atoms with Gasteiger partial charge in [0.25, 0.3) is 11.4 Å². The Morgan fingerprint density at radius 1 is 1.08 bits per heavy atom. The molecule has 1 aliphatic carbocycles. The molecule has 2 aliphatic rings. The van der Waals surface area contributed by atoms with Gasteiger partial charge in [-0.15, -0.1) is 23.4 Å². The van der Waals surface area contributed by atoms with Crippen molar-refractivity contribution >= 4 is 40.4 Å². The molecule has 0 bridgehead atoms. The smallest absolute Gasteiger partial charge is 0.296 e. The molecule has 5 atom stereocenters. The second-order valence-corrected chi connectivity index (χ2v) is 10.8. The fourth-order valence-corrected chi connectivity index (χ4v) is 7.39. The van der Waals surface area contributed by atoms with Gasteiger partial charge in [0, 0.05) is 17.2 Å². The van der Waals surface area contributed by atoms with E-state index in [1.165, 1.54) is 36.0 Å². The van der Waals surface area contributed by atoms with Crippen molar-refractivity contribution < 1.29 is 19.0 Å². The zero-order valence-electron chi connectivity index (χ0n) is 19.7. The standard InChI is InChI=1S/C26H23ClFN3O5S/c1-2-36-16-11-17-23-18(13-22(24(23)27)37-21-6-4-3-5-19(21)30(32)33)25(14-7-9-15(28)10-8-14)29-26(17)20(12-16)31(34)35/h3-12,18,22-25,29H,2,13H2,1H3/t18-,22+,23+,24+,25+/m0/s1. The maximum absolute atomic E-state index is 13.7. The first-order chi connectivity index (χ1) is 17.8. The first-order valence-electron chi connectivity index (χ1n) is 11.8. The highest BCUT2D eigenvalue weighted by molar-refractivity contribution is 8.00. The van der Waals surface area contributed by atoms with E-state index >= 15 is 0 Å². The average molecular weight is 544 g/mol. The third-order valence-electron chi connectivity index (χ3n) is 6.95. The van der Waals surface area contributed by atoms with Crippen LogP contribution in [0.5, 0.6) is 5.75 Å². The molecule has 1 heterocycles. The largest absolute Gasteiger partial charge is 0.494 e. The van der Waals surface area contributed by atoms with Crippen molar-refractivity contribution in [3.8, 4) is 5.75 Å². The van der Waals surface area contributed by atoms with Gasteiger partial charge in [-0.05, 0) is 54.7 Å². The molecule has 1 N–H and O–H groups in total. The van der Waals surface area contributed by atoms with E-state index in [2.05, 4.69) is 5.32 Å². The molecule has 3 aromatic carbocycles. The van der Waals surface area contributed by atoms with Gasteiger partial charge in [-0.25, -0.2) is 4.39 Å². The molecule has 8 nitrogen and oxygen atoms in total. The van der Waals surface area contributed by atoms with E-state index < -0.39 is 15.2 Å². The molecule has 37 heavy (non-hydrogen) atoms. The molecule has 0 radical (unpaired) electrons. The topological polar surface area (TPSA) is 108 Å². The molecule has 0 aromatic heterocycles. The van der Waals surface area contributed by atoms with E-state index in [-0.39, 0.29) is 40.3 Å². The average Bonchev–Trinajstić information content (AvgIpc) is 3.20. The third kappa shape index (κ3) is 4.71. The molecule has 1 fully saturated rings. The summed E-state index contributed by atoms with van der Waals surface area (Å²) < 4.78 is 19.4. The van der Waals surface area contributed by atoms with E-state index in [1.807, 2.05) is 0 Å². The Bertz CT molecular complexity index is 1360. The summed E-state index contributed by atoms with van der Waals surface area (Å²) in [5.74, 6) is -0.396. The molecule has 0 unspecified atom stereocenters. The lowest BCUT2D eigenvalue weighted by molar-refractivity contribution is -0.387. The predicted octanol–water partition coefficient (Wildman–Crippen LogP) is 7.08. The Kier molecular flexibility index (Phi) is 6.96. The van der Waals surface area contributed by atoms with Crippen LogP contribution in [0.3, 0.4) is 0 Å². The molecule has 0 spiro atoms. The van der Waals surface area contributed by atoms with E-state index in [1.54, 1.807) is 43.3 Å². The number of nitrogens with zero attached hydrogens (tertiary/aromatic N) is 2. The number of rotatable bonds is 7. The van der Waals surface area contributed by atoms with Crippen molar-refractivity contribution in [2.45, 2.75) is 40.8 Å². The Labute approximate surface area is 221 Å². The molecule has 5 rings (SSSR count). The Balaban J connectivity index is 1.61. The molecule has 0 saturated heterocycles. The molecule has 3 aromatic rings. The van der Waals surface area contributed by atoms with Crippen LogP contribution in [-0.2, 0) is 0 Å². The van der Waals surface area contributed by atoms with E-state index in [9.17, 15) is 24.6 Å². The number of alkyl halides is 1. The minimum atomic E-state index is -0.477. The SMILES string of the molecule is CCOc1cc2c(c([N+](=O)[O-])c1)N[C@H](c1ccc(F)cc1)[C@H]1C[C@@H](Sc3ccccc3[N+](=O)[O-])[C@@H](Cl)[C@H]21. The van der Waals surface area contributed by atoms with Crippen LogP contribution in [0.15, 0.2) is 65.6 Å². The first kappa shape index (κ1) is 25.3. The summed E-state index contributed by atoms with van der Waals surface area (Å²) in [6.07, 6.45) is 0.594. The highest BCUT2D eigenvalue weighted by atomic mass is 35.5.